The molecule has 6 rings (SSSR count). The van der Waals surface area contributed by atoms with Gasteiger partial charge in [-0.15, -0.1) is 24.8 Å². The number of benzene rings is 6. The van der Waals surface area contributed by atoms with Crippen LogP contribution in [0.4, 0.5) is 0 Å². The molecule has 272 valence electrons. The predicted octanol–water partition coefficient (Wildman–Crippen LogP) is 6.84. The van der Waals surface area contributed by atoms with E-state index in [-0.39, 0.29) is 43.5 Å². The third-order valence-corrected chi connectivity index (χ3v) is 7.99. The molecule has 2 unspecified atom stereocenters. The number of ether oxygens (including phenoxy) is 2. The molecule has 0 aliphatic heterocycles. The quantitative estimate of drug-likeness (QED) is 0.0811. The molecule has 0 amide bonds. The van der Waals surface area contributed by atoms with Gasteiger partial charge in [-0.1, -0.05) is 133 Å². The maximum Gasteiger partial charge on any atom is 0.127 e. The minimum atomic E-state index is -0.528. The molecule has 0 fully saturated rings. The van der Waals surface area contributed by atoms with Crippen LogP contribution in [0.15, 0.2) is 146 Å². The smallest absolute Gasteiger partial charge is 0.127 e. The van der Waals surface area contributed by atoms with Gasteiger partial charge in [0.15, 0.2) is 0 Å². The summed E-state index contributed by atoms with van der Waals surface area (Å²) in [5, 5.41) is 31.2. The Labute approximate surface area is 313 Å². The molecule has 51 heavy (non-hydrogen) atoms. The van der Waals surface area contributed by atoms with Crippen molar-refractivity contribution in [3.63, 3.8) is 0 Å². The Hall–Kier alpha value is -4.18. The van der Waals surface area contributed by atoms with E-state index in [2.05, 4.69) is 59.2 Å². The van der Waals surface area contributed by atoms with Crippen LogP contribution in [-0.4, -0.2) is 67.3 Å². The zero-order chi connectivity index (χ0) is 33.2. The van der Waals surface area contributed by atoms with Crippen LogP contribution in [-0.2, 0) is 12.8 Å². The van der Waals surface area contributed by atoms with Gasteiger partial charge in [-0.3, -0.25) is 0 Å². The number of aliphatic hydroxyl groups is 2. The molecule has 6 aromatic rings. The molecule has 0 aliphatic carbocycles. The first-order valence-electron chi connectivity index (χ1n) is 16.7. The highest BCUT2D eigenvalue weighted by molar-refractivity contribution is 5.89. The summed E-state index contributed by atoms with van der Waals surface area (Å²) in [5.74, 6) is 1.63. The van der Waals surface area contributed by atoms with E-state index in [0.717, 1.165) is 59.0 Å². The van der Waals surface area contributed by atoms with Crippen molar-refractivity contribution in [2.45, 2.75) is 25.0 Å². The number of hydrogen-bond acceptors (Lipinski definition) is 6. The summed E-state index contributed by atoms with van der Waals surface area (Å²) in [4.78, 5) is 0. The highest BCUT2D eigenvalue weighted by Crippen LogP contribution is 2.26. The summed E-state index contributed by atoms with van der Waals surface area (Å²) in [5.41, 5.74) is 2.60. The number of hydrogen-bond donors (Lipinski definition) is 4. The van der Waals surface area contributed by atoms with Crippen LogP contribution in [0.25, 0.3) is 21.5 Å². The van der Waals surface area contributed by atoms with Crippen molar-refractivity contribution in [2.24, 2.45) is 0 Å². The topological polar surface area (TPSA) is 114 Å². The summed E-state index contributed by atoms with van der Waals surface area (Å²) in [7, 11) is 0. The molecular formula is C42H50Cl2N2O5. The van der Waals surface area contributed by atoms with Crippen molar-refractivity contribution in [2.75, 3.05) is 39.4 Å². The molecule has 7 nitrogen and oxygen atoms in total. The zero-order valence-electron chi connectivity index (χ0n) is 28.7. The average molecular weight is 734 g/mol. The van der Waals surface area contributed by atoms with Crippen molar-refractivity contribution >= 4 is 46.4 Å². The minimum absolute atomic E-state index is 0. The van der Waals surface area contributed by atoms with Crippen molar-refractivity contribution < 1.29 is 25.2 Å². The van der Waals surface area contributed by atoms with Gasteiger partial charge in [0.2, 0.25) is 0 Å². The SMILES string of the molecule is Cl.Cl.O.OC(CNCCc1ccccc1)COc1cccc2ccccc12.OC(CNCCc1ccccc1)COc1cccc2ccccc12. The largest absolute Gasteiger partial charge is 0.490 e. The van der Waals surface area contributed by atoms with Crippen LogP contribution in [0.5, 0.6) is 11.5 Å². The third kappa shape index (κ3) is 14.5. The van der Waals surface area contributed by atoms with Crippen LogP contribution < -0.4 is 20.1 Å². The Balaban J connectivity index is 0.000000334. The fourth-order valence-electron chi connectivity index (χ4n) is 5.43. The lowest BCUT2D eigenvalue weighted by Crippen LogP contribution is -2.32. The molecule has 0 aliphatic rings. The second kappa shape index (κ2) is 24.1. The van der Waals surface area contributed by atoms with Gasteiger partial charge in [0.25, 0.3) is 0 Å². The number of fused-ring (bicyclic) bond motifs is 2. The van der Waals surface area contributed by atoms with Gasteiger partial charge < -0.3 is 35.8 Å². The summed E-state index contributed by atoms with van der Waals surface area (Å²) < 4.78 is 11.6. The first kappa shape index (κ1) is 43.0. The van der Waals surface area contributed by atoms with Crippen LogP contribution in [0.3, 0.4) is 0 Å². The molecule has 2 atom stereocenters. The molecular weight excluding hydrogens is 683 g/mol. The van der Waals surface area contributed by atoms with Gasteiger partial charge in [0.05, 0.1) is 0 Å². The van der Waals surface area contributed by atoms with Crippen molar-refractivity contribution in [3.05, 3.63) is 157 Å². The highest BCUT2D eigenvalue weighted by atomic mass is 35.5. The Kier molecular flexibility index (Phi) is 20.3. The van der Waals surface area contributed by atoms with Crippen molar-refractivity contribution in [3.8, 4) is 11.5 Å². The van der Waals surface area contributed by atoms with Gasteiger partial charge in [-0.2, -0.15) is 0 Å². The fourth-order valence-corrected chi connectivity index (χ4v) is 5.43. The Morgan fingerprint density at radius 2 is 0.804 bits per heavy atom. The number of aliphatic hydroxyl groups excluding tert-OH is 2. The van der Waals surface area contributed by atoms with E-state index < -0.39 is 12.2 Å². The monoisotopic (exact) mass is 732 g/mol. The molecule has 0 bridgehead atoms. The fraction of sp³-hybridized carbons (Fsp3) is 0.238. The molecule has 0 radical (unpaired) electrons. The van der Waals surface area contributed by atoms with Gasteiger partial charge in [0.1, 0.15) is 36.9 Å². The normalized spacial score (nSPS) is 11.5. The van der Waals surface area contributed by atoms with Gasteiger partial charge in [-0.05, 0) is 60.0 Å². The molecule has 6 N–H and O–H groups in total. The van der Waals surface area contributed by atoms with E-state index in [1.807, 2.05) is 97.1 Å². The zero-order valence-corrected chi connectivity index (χ0v) is 30.3. The van der Waals surface area contributed by atoms with Gasteiger partial charge in [-0.25, -0.2) is 0 Å². The van der Waals surface area contributed by atoms with E-state index in [1.165, 1.54) is 11.1 Å². The summed E-state index contributed by atoms with van der Waals surface area (Å²) >= 11 is 0. The number of rotatable bonds is 16. The lowest BCUT2D eigenvalue weighted by atomic mass is 10.1. The maximum absolute atomic E-state index is 10.1. The molecule has 0 spiro atoms. The van der Waals surface area contributed by atoms with E-state index in [9.17, 15) is 10.2 Å². The lowest BCUT2D eigenvalue weighted by Gasteiger charge is -2.14. The molecule has 0 saturated heterocycles. The minimum Gasteiger partial charge on any atom is -0.490 e. The third-order valence-electron chi connectivity index (χ3n) is 7.99. The van der Waals surface area contributed by atoms with E-state index in [1.54, 1.807) is 0 Å². The first-order valence-corrected chi connectivity index (χ1v) is 16.7. The average Bonchev–Trinajstić information content (AvgIpc) is 3.14. The maximum atomic E-state index is 10.1. The van der Waals surface area contributed by atoms with Crippen LogP contribution >= 0.6 is 24.8 Å². The number of halogens is 2. The standard InChI is InChI=1S/2C21H23NO2.2ClH.H2O/c2*23-19(15-22-14-13-17-7-2-1-3-8-17)16-24-21-12-6-10-18-9-4-5-11-20(18)21;;;/h2*1-12,19,22-23H,13-16H2;2*1H;1H2. The van der Waals surface area contributed by atoms with Gasteiger partial charge >= 0.3 is 0 Å². The van der Waals surface area contributed by atoms with Crippen LogP contribution in [0, 0.1) is 0 Å². The van der Waals surface area contributed by atoms with Crippen LogP contribution in [0.2, 0.25) is 0 Å². The predicted molar refractivity (Wildman–Crippen MR) is 215 cm³/mol. The summed E-state index contributed by atoms with van der Waals surface area (Å²) in [6.07, 6.45) is 0.856. The Morgan fingerprint density at radius 3 is 1.22 bits per heavy atom. The second-order valence-corrected chi connectivity index (χ2v) is 11.8. The molecule has 6 aromatic carbocycles. The highest BCUT2D eigenvalue weighted by Gasteiger charge is 2.08. The summed E-state index contributed by atoms with van der Waals surface area (Å²) in [6, 6.07) is 48.8. The number of nitrogens with one attached hydrogen (secondary N) is 2. The van der Waals surface area contributed by atoms with E-state index >= 15 is 0 Å². The van der Waals surface area contributed by atoms with Crippen molar-refractivity contribution in [1.29, 1.82) is 0 Å². The van der Waals surface area contributed by atoms with E-state index in [4.69, 9.17) is 9.47 Å². The molecule has 0 aromatic heterocycles. The van der Waals surface area contributed by atoms with E-state index in [0.29, 0.717) is 13.1 Å². The summed E-state index contributed by atoms with van der Waals surface area (Å²) in [6.45, 7) is 3.30. The Morgan fingerprint density at radius 1 is 0.451 bits per heavy atom. The Bertz CT molecular complexity index is 1650. The first-order chi connectivity index (χ1) is 23.7. The second-order valence-electron chi connectivity index (χ2n) is 11.8. The van der Waals surface area contributed by atoms with Crippen molar-refractivity contribution in [1.82, 2.24) is 10.6 Å². The van der Waals surface area contributed by atoms with Gasteiger partial charge in [0, 0.05) is 23.9 Å². The lowest BCUT2D eigenvalue weighted by molar-refractivity contribution is 0.107. The molecule has 0 saturated carbocycles. The molecule has 0 heterocycles. The van der Waals surface area contributed by atoms with Crippen LogP contribution in [0.1, 0.15) is 11.1 Å². The molecule has 9 heteroatoms.